The Morgan fingerprint density at radius 3 is 2.40 bits per heavy atom. The summed E-state index contributed by atoms with van der Waals surface area (Å²) >= 11 is 0. The van der Waals surface area contributed by atoms with Gasteiger partial charge in [0.25, 0.3) is 6.43 Å². The molecule has 6 heteroatoms. The van der Waals surface area contributed by atoms with Crippen LogP contribution in [0.15, 0.2) is 24.3 Å². The number of carbonyl (C=O) groups excluding carboxylic acids is 1. The fourth-order valence-electron chi connectivity index (χ4n) is 4.04. The SMILES string of the molecule is CC(C)(C)OC(=O)N1C2CCC1CC(O)(c1cccc(C(F)F)c1)C2. The molecule has 2 heterocycles. The van der Waals surface area contributed by atoms with Crippen LogP contribution in [0.4, 0.5) is 13.6 Å². The Hall–Kier alpha value is -1.69. The Morgan fingerprint density at radius 2 is 1.88 bits per heavy atom. The van der Waals surface area contributed by atoms with Gasteiger partial charge in [-0.1, -0.05) is 18.2 Å². The minimum Gasteiger partial charge on any atom is -0.444 e. The average Bonchev–Trinajstić information content (AvgIpc) is 2.78. The van der Waals surface area contributed by atoms with Crippen molar-refractivity contribution in [1.82, 2.24) is 4.90 Å². The monoisotopic (exact) mass is 353 g/mol. The lowest BCUT2D eigenvalue weighted by molar-refractivity contribution is -0.0625. The molecule has 2 unspecified atom stereocenters. The first-order valence-electron chi connectivity index (χ1n) is 8.71. The highest BCUT2D eigenvalue weighted by atomic mass is 19.3. The second kappa shape index (κ2) is 6.24. The molecular weight excluding hydrogens is 328 g/mol. The van der Waals surface area contributed by atoms with Gasteiger partial charge in [-0.3, -0.25) is 0 Å². The van der Waals surface area contributed by atoms with Gasteiger partial charge >= 0.3 is 6.09 Å². The average molecular weight is 353 g/mol. The van der Waals surface area contributed by atoms with Crippen LogP contribution in [0.3, 0.4) is 0 Å². The van der Waals surface area contributed by atoms with Crippen LogP contribution in [0, 0.1) is 0 Å². The maximum Gasteiger partial charge on any atom is 0.410 e. The number of carbonyl (C=O) groups is 1. The third-order valence-corrected chi connectivity index (χ3v) is 5.05. The van der Waals surface area contributed by atoms with E-state index in [9.17, 15) is 18.7 Å². The lowest BCUT2D eigenvalue weighted by Crippen LogP contribution is -2.53. The van der Waals surface area contributed by atoms with Gasteiger partial charge in [-0.2, -0.15) is 0 Å². The molecule has 138 valence electrons. The number of ether oxygens (including phenoxy) is 1. The number of benzene rings is 1. The van der Waals surface area contributed by atoms with E-state index in [2.05, 4.69) is 0 Å². The van der Waals surface area contributed by atoms with Gasteiger partial charge in [0.2, 0.25) is 0 Å². The summed E-state index contributed by atoms with van der Waals surface area (Å²) in [5, 5.41) is 11.1. The zero-order chi connectivity index (χ0) is 18.4. The van der Waals surface area contributed by atoms with Gasteiger partial charge in [-0.15, -0.1) is 0 Å². The Kier molecular flexibility index (Phi) is 4.52. The molecule has 2 aliphatic rings. The molecule has 0 aromatic heterocycles. The number of aliphatic hydroxyl groups is 1. The van der Waals surface area contributed by atoms with Crippen LogP contribution in [0.1, 0.15) is 64.0 Å². The standard InChI is InChI=1S/C19H25F2NO3/c1-18(2,3)25-17(23)22-14-7-8-15(22)11-19(24,10-14)13-6-4-5-12(9-13)16(20)21/h4-6,9,14-16,24H,7-8,10-11H2,1-3H3. The second-order valence-corrected chi connectivity index (χ2v) is 8.14. The number of alkyl halides is 2. The molecule has 0 aliphatic carbocycles. The van der Waals surface area contributed by atoms with E-state index < -0.39 is 17.6 Å². The van der Waals surface area contributed by atoms with Crippen molar-refractivity contribution in [3.05, 3.63) is 35.4 Å². The summed E-state index contributed by atoms with van der Waals surface area (Å²) in [6, 6.07) is 5.73. The summed E-state index contributed by atoms with van der Waals surface area (Å²) in [7, 11) is 0. The van der Waals surface area contributed by atoms with Crippen molar-refractivity contribution in [3.63, 3.8) is 0 Å². The van der Waals surface area contributed by atoms with Crippen molar-refractivity contribution in [2.24, 2.45) is 0 Å². The molecule has 1 N–H and O–H groups in total. The third-order valence-electron chi connectivity index (χ3n) is 5.05. The zero-order valence-electron chi connectivity index (χ0n) is 14.8. The van der Waals surface area contributed by atoms with E-state index in [1.165, 1.54) is 12.1 Å². The maximum absolute atomic E-state index is 13.0. The van der Waals surface area contributed by atoms with E-state index in [-0.39, 0.29) is 23.7 Å². The van der Waals surface area contributed by atoms with Crippen LogP contribution in [-0.2, 0) is 10.3 Å². The first-order chi connectivity index (χ1) is 11.6. The molecule has 1 amide bonds. The quantitative estimate of drug-likeness (QED) is 0.859. The zero-order valence-corrected chi connectivity index (χ0v) is 14.8. The molecule has 2 atom stereocenters. The Bertz CT molecular complexity index is 642. The molecule has 25 heavy (non-hydrogen) atoms. The lowest BCUT2D eigenvalue weighted by Gasteiger charge is -2.44. The second-order valence-electron chi connectivity index (χ2n) is 8.14. The molecule has 2 fully saturated rings. The van der Waals surface area contributed by atoms with Crippen molar-refractivity contribution in [2.75, 3.05) is 0 Å². The third kappa shape index (κ3) is 3.64. The molecule has 2 saturated heterocycles. The van der Waals surface area contributed by atoms with E-state index in [4.69, 9.17) is 4.74 Å². The largest absolute Gasteiger partial charge is 0.444 e. The van der Waals surface area contributed by atoms with E-state index >= 15 is 0 Å². The van der Waals surface area contributed by atoms with Crippen LogP contribution < -0.4 is 0 Å². The van der Waals surface area contributed by atoms with Crippen LogP contribution in [0.2, 0.25) is 0 Å². The molecule has 2 bridgehead atoms. The van der Waals surface area contributed by atoms with Crippen molar-refractivity contribution >= 4 is 6.09 Å². The van der Waals surface area contributed by atoms with Crippen LogP contribution >= 0.6 is 0 Å². The van der Waals surface area contributed by atoms with Crippen molar-refractivity contribution in [3.8, 4) is 0 Å². The van der Waals surface area contributed by atoms with Crippen molar-refractivity contribution < 1.29 is 23.4 Å². The summed E-state index contributed by atoms with van der Waals surface area (Å²) in [5.74, 6) is 0. The normalized spacial score (nSPS) is 29.2. The van der Waals surface area contributed by atoms with Crippen molar-refractivity contribution in [2.45, 2.75) is 76.2 Å². The fourth-order valence-corrected chi connectivity index (χ4v) is 4.04. The molecule has 1 aromatic rings. The van der Waals surface area contributed by atoms with Gasteiger partial charge in [0.05, 0.1) is 5.60 Å². The number of hydrogen-bond donors (Lipinski definition) is 1. The summed E-state index contributed by atoms with van der Waals surface area (Å²) < 4.78 is 31.4. The summed E-state index contributed by atoms with van der Waals surface area (Å²) in [5.41, 5.74) is -1.34. The van der Waals surface area contributed by atoms with Gasteiger partial charge in [-0.25, -0.2) is 13.6 Å². The first kappa shape index (κ1) is 18.1. The number of nitrogens with zero attached hydrogens (tertiary/aromatic N) is 1. The topological polar surface area (TPSA) is 49.8 Å². The van der Waals surface area contributed by atoms with E-state index in [1.54, 1.807) is 17.0 Å². The summed E-state index contributed by atoms with van der Waals surface area (Å²) in [6.07, 6.45) is -0.655. The van der Waals surface area contributed by atoms with Gasteiger partial charge < -0.3 is 14.7 Å². The molecule has 3 rings (SSSR count). The minimum atomic E-state index is -2.57. The molecular formula is C19H25F2NO3. The van der Waals surface area contributed by atoms with Gasteiger partial charge in [0.1, 0.15) is 5.60 Å². The first-order valence-corrected chi connectivity index (χ1v) is 8.71. The van der Waals surface area contributed by atoms with E-state index in [0.29, 0.717) is 18.4 Å². The summed E-state index contributed by atoms with van der Waals surface area (Å²) in [6.45, 7) is 5.47. The highest BCUT2D eigenvalue weighted by molar-refractivity contribution is 5.69. The maximum atomic E-state index is 13.0. The summed E-state index contributed by atoms with van der Waals surface area (Å²) in [4.78, 5) is 14.2. The Morgan fingerprint density at radius 1 is 1.28 bits per heavy atom. The minimum absolute atomic E-state index is 0.0900. The van der Waals surface area contributed by atoms with E-state index in [0.717, 1.165) is 12.8 Å². The van der Waals surface area contributed by atoms with Gasteiger partial charge in [-0.05, 0) is 45.2 Å². The number of fused-ring (bicyclic) bond motifs is 2. The lowest BCUT2D eigenvalue weighted by atomic mass is 9.80. The highest BCUT2D eigenvalue weighted by Crippen LogP contribution is 2.46. The van der Waals surface area contributed by atoms with Crippen LogP contribution in [-0.4, -0.2) is 33.8 Å². The van der Waals surface area contributed by atoms with Crippen LogP contribution in [0.5, 0.6) is 0 Å². The number of piperidine rings is 1. The van der Waals surface area contributed by atoms with Gasteiger partial charge in [0.15, 0.2) is 0 Å². The number of amides is 1. The molecule has 0 saturated carbocycles. The highest BCUT2D eigenvalue weighted by Gasteiger charge is 2.51. The smallest absolute Gasteiger partial charge is 0.410 e. The molecule has 0 spiro atoms. The molecule has 0 radical (unpaired) electrons. The molecule has 1 aromatic carbocycles. The number of hydrogen-bond acceptors (Lipinski definition) is 3. The molecule has 2 aliphatic heterocycles. The predicted molar refractivity (Wildman–Crippen MR) is 89.4 cm³/mol. The van der Waals surface area contributed by atoms with Gasteiger partial charge in [0, 0.05) is 30.5 Å². The van der Waals surface area contributed by atoms with Crippen LogP contribution in [0.25, 0.3) is 0 Å². The Labute approximate surface area is 146 Å². The fraction of sp³-hybridized carbons (Fsp3) is 0.632. The molecule has 4 nitrogen and oxygen atoms in total. The Balaban J connectivity index is 1.81. The number of halogens is 2. The van der Waals surface area contributed by atoms with Crippen molar-refractivity contribution in [1.29, 1.82) is 0 Å². The van der Waals surface area contributed by atoms with E-state index in [1.807, 2.05) is 20.8 Å². The predicted octanol–water partition coefficient (Wildman–Crippen LogP) is 4.37. The number of rotatable bonds is 2.